The lowest BCUT2D eigenvalue weighted by molar-refractivity contribution is 0.0613. The van der Waals surface area contributed by atoms with Crippen LogP contribution in [0.2, 0.25) is 0 Å². The largest absolute Gasteiger partial charge is 0.334 e. The SMILES string of the molecule is Cc1nc(C(=O)N2CCC(N)CC2C)cs1. The predicted octanol–water partition coefficient (Wildman–Crippen LogP) is 1.40. The monoisotopic (exact) mass is 239 g/mol. The summed E-state index contributed by atoms with van der Waals surface area (Å²) in [7, 11) is 0. The zero-order chi connectivity index (χ0) is 11.7. The summed E-state index contributed by atoms with van der Waals surface area (Å²) in [5.41, 5.74) is 6.45. The molecule has 1 amide bonds. The average Bonchev–Trinajstić information content (AvgIpc) is 2.64. The first-order chi connectivity index (χ1) is 7.58. The highest BCUT2D eigenvalue weighted by Gasteiger charge is 2.28. The van der Waals surface area contributed by atoms with E-state index in [4.69, 9.17) is 5.73 Å². The van der Waals surface area contributed by atoms with E-state index in [0.29, 0.717) is 5.69 Å². The van der Waals surface area contributed by atoms with Crippen molar-refractivity contribution in [3.8, 4) is 0 Å². The Kier molecular flexibility index (Phi) is 3.25. The zero-order valence-electron chi connectivity index (χ0n) is 9.64. The summed E-state index contributed by atoms with van der Waals surface area (Å²) in [5, 5.41) is 2.77. The van der Waals surface area contributed by atoms with Gasteiger partial charge in [0.2, 0.25) is 0 Å². The second-order valence-corrected chi connectivity index (χ2v) is 5.45. The van der Waals surface area contributed by atoms with Gasteiger partial charge in [0.25, 0.3) is 5.91 Å². The molecule has 1 aliphatic heterocycles. The van der Waals surface area contributed by atoms with Crippen LogP contribution >= 0.6 is 11.3 Å². The Hall–Kier alpha value is -0.940. The zero-order valence-corrected chi connectivity index (χ0v) is 10.5. The Labute approximate surface area is 99.5 Å². The van der Waals surface area contributed by atoms with Crippen LogP contribution in [0, 0.1) is 6.92 Å². The minimum Gasteiger partial charge on any atom is -0.334 e. The van der Waals surface area contributed by atoms with Gasteiger partial charge in [-0.05, 0) is 26.7 Å². The number of thiazole rings is 1. The molecule has 2 unspecified atom stereocenters. The van der Waals surface area contributed by atoms with Gasteiger partial charge in [-0.2, -0.15) is 0 Å². The molecular formula is C11H17N3OS. The van der Waals surface area contributed by atoms with Gasteiger partial charge in [0, 0.05) is 24.0 Å². The number of nitrogens with two attached hydrogens (primary N) is 1. The van der Waals surface area contributed by atoms with E-state index in [1.54, 1.807) is 0 Å². The normalized spacial score (nSPS) is 25.8. The molecule has 2 atom stereocenters. The van der Waals surface area contributed by atoms with Gasteiger partial charge in [0.05, 0.1) is 5.01 Å². The van der Waals surface area contributed by atoms with Crippen molar-refractivity contribution >= 4 is 17.2 Å². The fraction of sp³-hybridized carbons (Fsp3) is 0.636. The maximum absolute atomic E-state index is 12.2. The van der Waals surface area contributed by atoms with Crippen LogP contribution < -0.4 is 5.73 Å². The van der Waals surface area contributed by atoms with Crippen LogP contribution in [0.25, 0.3) is 0 Å². The Morgan fingerprint density at radius 1 is 1.69 bits per heavy atom. The number of likely N-dealkylation sites (tertiary alicyclic amines) is 1. The third-order valence-electron chi connectivity index (χ3n) is 3.02. The lowest BCUT2D eigenvalue weighted by Gasteiger charge is -2.35. The quantitative estimate of drug-likeness (QED) is 0.806. The fourth-order valence-electron chi connectivity index (χ4n) is 2.12. The molecule has 0 aromatic carbocycles. The molecule has 0 bridgehead atoms. The van der Waals surface area contributed by atoms with Crippen molar-refractivity contribution in [2.75, 3.05) is 6.54 Å². The molecule has 2 heterocycles. The summed E-state index contributed by atoms with van der Waals surface area (Å²) in [6, 6.07) is 0.453. The molecule has 0 radical (unpaired) electrons. The molecule has 2 rings (SSSR count). The van der Waals surface area contributed by atoms with Gasteiger partial charge in [0.1, 0.15) is 5.69 Å². The summed E-state index contributed by atoms with van der Waals surface area (Å²) in [4.78, 5) is 18.3. The van der Waals surface area contributed by atoms with Gasteiger partial charge in [0.15, 0.2) is 0 Å². The highest BCUT2D eigenvalue weighted by molar-refractivity contribution is 7.09. The number of hydrogen-bond donors (Lipinski definition) is 1. The highest BCUT2D eigenvalue weighted by Crippen LogP contribution is 2.19. The Morgan fingerprint density at radius 3 is 3.00 bits per heavy atom. The molecule has 2 N–H and O–H groups in total. The van der Waals surface area contributed by atoms with Crippen molar-refractivity contribution < 1.29 is 4.79 Å². The summed E-state index contributed by atoms with van der Waals surface area (Å²) >= 11 is 1.52. The van der Waals surface area contributed by atoms with Crippen LogP contribution in [0.5, 0.6) is 0 Å². The molecule has 16 heavy (non-hydrogen) atoms. The smallest absolute Gasteiger partial charge is 0.273 e. The Morgan fingerprint density at radius 2 is 2.44 bits per heavy atom. The van der Waals surface area contributed by atoms with Crippen LogP contribution in [-0.4, -0.2) is 34.4 Å². The minimum atomic E-state index is 0.0451. The van der Waals surface area contributed by atoms with E-state index < -0.39 is 0 Å². The third kappa shape index (κ3) is 2.25. The second-order valence-electron chi connectivity index (χ2n) is 4.38. The van der Waals surface area contributed by atoms with Crippen LogP contribution in [0.15, 0.2) is 5.38 Å². The number of aryl methyl sites for hydroxylation is 1. The molecule has 1 aromatic rings. The number of carbonyl (C=O) groups excluding carboxylic acids is 1. The summed E-state index contributed by atoms with van der Waals surface area (Å²) in [5.74, 6) is 0.0451. The van der Waals surface area contributed by atoms with Gasteiger partial charge in [-0.15, -0.1) is 11.3 Å². The first-order valence-corrected chi connectivity index (χ1v) is 6.44. The van der Waals surface area contributed by atoms with E-state index in [2.05, 4.69) is 11.9 Å². The maximum atomic E-state index is 12.2. The van der Waals surface area contributed by atoms with Crippen molar-refractivity contribution in [2.45, 2.75) is 38.8 Å². The molecule has 1 saturated heterocycles. The van der Waals surface area contributed by atoms with Crippen LogP contribution in [0.3, 0.4) is 0 Å². The van der Waals surface area contributed by atoms with Gasteiger partial charge in [-0.25, -0.2) is 4.98 Å². The summed E-state index contributed by atoms with van der Waals surface area (Å²) < 4.78 is 0. The summed E-state index contributed by atoms with van der Waals surface area (Å²) in [6.07, 6.45) is 1.77. The second kappa shape index (κ2) is 4.51. The van der Waals surface area contributed by atoms with E-state index >= 15 is 0 Å². The standard InChI is InChI=1S/C11H17N3OS/c1-7-5-9(12)3-4-14(7)11(15)10-6-16-8(2)13-10/h6-7,9H,3-5,12H2,1-2H3. The van der Waals surface area contributed by atoms with E-state index in [9.17, 15) is 4.79 Å². The molecule has 5 heteroatoms. The van der Waals surface area contributed by atoms with Gasteiger partial charge >= 0.3 is 0 Å². The number of nitrogens with zero attached hydrogens (tertiary/aromatic N) is 2. The Bertz CT molecular complexity index is 390. The van der Waals surface area contributed by atoms with Crippen molar-refractivity contribution in [3.05, 3.63) is 16.1 Å². The van der Waals surface area contributed by atoms with Gasteiger partial charge < -0.3 is 10.6 Å². The number of rotatable bonds is 1. The maximum Gasteiger partial charge on any atom is 0.273 e. The predicted molar refractivity (Wildman–Crippen MR) is 64.6 cm³/mol. The molecular weight excluding hydrogens is 222 g/mol. The van der Waals surface area contributed by atoms with E-state index in [1.807, 2.05) is 17.2 Å². The molecule has 4 nitrogen and oxygen atoms in total. The topological polar surface area (TPSA) is 59.2 Å². The first kappa shape index (κ1) is 11.5. The van der Waals surface area contributed by atoms with E-state index in [-0.39, 0.29) is 18.0 Å². The van der Waals surface area contributed by atoms with E-state index in [0.717, 1.165) is 24.4 Å². The average molecular weight is 239 g/mol. The molecule has 0 aliphatic carbocycles. The van der Waals surface area contributed by atoms with Crippen molar-refractivity contribution in [3.63, 3.8) is 0 Å². The molecule has 1 aromatic heterocycles. The number of carbonyl (C=O) groups is 1. The number of piperidine rings is 1. The lowest BCUT2D eigenvalue weighted by Crippen LogP contribution is -2.48. The number of amides is 1. The highest BCUT2D eigenvalue weighted by atomic mass is 32.1. The molecule has 0 spiro atoms. The van der Waals surface area contributed by atoms with Crippen molar-refractivity contribution in [2.24, 2.45) is 5.73 Å². The Balaban J connectivity index is 2.10. The molecule has 1 fully saturated rings. The molecule has 0 saturated carbocycles. The summed E-state index contributed by atoms with van der Waals surface area (Å²) in [6.45, 7) is 4.71. The van der Waals surface area contributed by atoms with E-state index in [1.165, 1.54) is 11.3 Å². The van der Waals surface area contributed by atoms with Crippen LogP contribution in [0.1, 0.15) is 35.3 Å². The fourth-order valence-corrected chi connectivity index (χ4v) is 2.71. The minimum absolute atomic E-state index is 0.0451. The molecule has 88 valence electrons. The van der Waals surface area contributed by atoms with Crippen molar-refractivity contribution in [1.29, 1.82) is 0 Å². The third-order valence-corrected chi connectivity index (χ3v) is 3.79. The number of hydrogen-bond acceptors (Lipinski definition) is 4. The molecule has 1 aliphatic rings. The first-order valence-electron chi connectivity index (χ1n) is 5.56. The van der Waals surface area contributed by atoms with Gasteiger partial charge in [-0.3, -0.25) is 4.79 Å². The van der Waals surface area contributed by atoms with Gasteiger partial charge in [-0.1, -0.05) is 0 Å². The van der Waals surface area contributed by atoms with Crippen molar-refractivity contribution in [1.82, 2.24) is 9.88 Å². The van der Waals surface area contributed by atoms with Crippen LogP contribution in [0.4, 0.5) is 0 Å². The number of aromatic nitrogens is 1. The van der Waals surface area contributed by atoms with Crippen LogP contribution in [-0.2, 0) is 0 Å². The lowest BCUT2D eigenvalue weighted by atomic mass is 9.99.